The number of aryl methyl sites for hydroxylation is 2. The Morgan fingerprint density at radius 1 is 1.12 bits per heavy atom. The van der Waals surface area contributed by atoms with Crippen LogP contribution in [0.5, 0.6) is 0 Å². The second-order valence-corrected chi connectivity index (χ2v) is 7.58. The maximum Gasteiger partial charge on any atom is 0.420 e. The first kappa shape index (κ1) is 21.6. The van der Waals surface area contributed by atoms with E-state index in [4.69, 9.17) is 4.42 Å². The van der Waals surface area contributed by atoms with Crippen molar-refractivity contribution in [2.45, 2.75) is 13.1 Å². The van der Waals surface area contributed by atoms with Crippen molar-refractivity contribution >= 4 is 16.9 Å². The summed E-state index contributed by atoms with van der Waals surface area (Å²) in [6, 6.07) is 5.50. The van der Waals surface area contributed by atoms with E-state index in [1.807, 2.05) is 14.0 Å². The van der Waals surface area contributed by atoms with E-state index >= 15 is 0 Å². The highest BCUT2D eigenvalue weighted by atomic mass is 19.4. The number of anilines is 1. The third kappa shape index (κ3) is 3.47. The van der Waals surface area contributed by atoms with Crippen molar-refractivity contribution in [1.29, 1.82) is 0 Å². The number of alkyl halides is 3. The van der Waals surface area contributed by atoms with Crippen LogP contribution in [0.4, 0.5) is 19.0 Å². The number of oxazole rings is 1. The zero-order valence-electron chi connectivity index (χ0n) is 18.4. The molecule has 0 spiro atoms. The topological polar surface area (TPSA) is 99.5 Å². The van der Waals surface area contributed by atoms with Crippen molar-refractivity contribution in [2.24, 2.45) is 14.1 Å². The average Bonchev–Trinajstić information content (AvgIpc) is 3.50. The molecule has 5 aromatic rings. The summed E-state index contributed by atoms with van der Waals surface area (Å²) in [6.45, 7) is 2.42. The molecule has 9 nitrogen and oxygen atoms in total. The lowest BCUT2D eigenvalue weighted by Gasteiger charge is -2.14. The number of halogens is 3. The lowest BCUT2D eigenvalue weighted by atomic mass is 10.0. The summed E-state index contributed by atoms with van der Waals surface area (Å²) in [4.78, 5) is 8.80. The fourth-order valence-corrected chi connectivity index (χ4v) is 3.90. The van der Waals surface area contributed by atoms with Crippen LogP contribution in [0.15, 0.2) is 47.4 Å². The standard InChI is InChI=1S/C22H19F3N8O/c1-4-26-19-16(21-30-15-7-5-6-14(18(15)34-21)22(23,24)25)12(8-9-27-19)17-13(10-29-33(17)3)20-31-28-11-32(20)2/h5-11H,4H2,1-3H3,(H,26,27). The molecule has 0 radical (unpaired) electrons. The number of para-hydroxylation sites is 1. The van der Waals surface area contributed by atoms with Gasteiger partial charge in [0.2, 0.25) is 5.89 Å². The monoisotopic (exact) mass is 468 g/mol. The Morgan fingerprint density at radius 2 is 1.94 bits per heavy atom. The van der Waals surface area contributed by atoms with Gasteiger partial charge in [0.15, 0.2) is 11.4 Å². The van der Waals surface area contributed by atoms with Gasteiger partial charge in [0.05, 0.1) is 23.0 Å². The first-order chi connectivity index (χ1) is 16.3. The number of fused-ring (bicyclic) bond motifs is 1. The SMILES string of the molecule is CCNc1nccc(-c2c(-c3nncn3C)cnn2C)c1-c1nc2cccc(C(F)(F)F)c2o1. The van der Waals surface area contributed by atoms with Gasteiger partial charge in [0.1, 0.15) is 23.2 Å². The molecule has 0 aliphatic rings. The average molecular weight is 468 g/mol. The van der Waals surface area contributed by atoms with Crippen LogP contribution in [0.25, 0.3) is 45.2 Å². The van der Waals surface area contributed by atoms with Crippen molar-refractivity contribution in [1.82, 2.24) is 34.5 Å². The second-order valence-electron chi connectivity index (χ2n) is 7.58. The number of aromatic nitrogens is 7. The first-order valence-electron chi connectivity index (χ1n) is 10.4. The molecule has 5 rings (SSSR count). The molecule has 0 aliphatic heterocycles. The van der Waals surface area contributed by atoms with Crippen molar-refractivity contribution in [3.8, 4) is 34.1 Å². The van der Waals surface area contributed by atoms with Crippen molar-refractivity contribution in [2.75, 3.05) is 11.9 Å². The van der Waals surface area contributed by atoms with Gasteiger partial charge in [-0.25, -0.2) is 9.97 Å². The third-order valence-corrected chi connectivity index (χ3v) is 5.38. The van der Waals surface area contributed by atoms with Gasteiger partial charge in [0, 0.05) is 32.4 Å². The molecule has 0 atom stereocenters. The fourth-order valence-electron chi connectivity index (χ4n) is 3.90. The zero-order chi connectivity index (χ0) is 24.0. The summed E-state index contributed by atoms with van der Waals surface area (Å²) < 4.78 is 49.9. The summed E-state index contributed by atoms with van der Waals surface area (Å²) in [5.41, 5.74) is 1.25. The molecule has 0 unspecified atom stereocenters. The van der Waals surface area contributed by atoms with Crippen molar-refractivity contribution < 1.29 is 17.6 Å². The van der Waals surface area contributed by atoms with Crippen LogP contribution in [0, 0.1) is 0 Å². The zero-order valence-corrected chi connectivity index (χ0v) is 18.4. The predicted molar refractivity (Wildman–Crippen MR) is 119 cm³/mol. The van der Waals surface area contributed by atoms with Gasteiger partial charge in [-0.2, -0.15) is 18.3 Å². The van der Waals surface area contributed by atoms with Gasteiger partial charge in [0.25, 0.3) is 0 Å². The summed E-state index contributed by atoms with van der Waals surface area (Å²) in [6.07, 6.45) is 0.250. The molecule has 174 valence electrons. The molecule has 34 heavy (non-hydrogen) atoms. The summed E-state index contributed by atoms with van der Waals surface area (Å²) in [5, 5.41) is 15.7. The van der Waals surface area contributed by atoms with Crippen LogP contribution < -0.4 is 5.32 Å². The van der Waals surface area contributed by atoms with Crippen LogP contribution in [-0.4, -0.2) is 41.1 Å². The van der Waals surface area contributed by atoms with E-state index in [0.29, 0.717) is 40.6 Å². The molecule has 4 heterocycles. The first-order valence-corrected chi connectivity index (χ1v) is 10.4. The molecule has 4 aromatic heterocycles. The van der Waals surface area contributed by atoms with Crippen LogP contribution >= 0.6 is 0 Å². The van der Waals surface area contributed by atoms with Gasteiger partial charge < -0.3 is 14.3 Å². The molecular weight excluding hydrogens is 449 g/mol. The number of pyridine rings is 1. The van der Waals surface area contributed by atoms with Gasteiger partial charge in [-0.05, 0) is 25.1 Å². The van der Waals surface area contributed by atoms with Crippen LogP contribution in [0.2, 0.25) is 0 Å². The lowest BCUT2D eigenvalue weighted by molar-refractivity contribution is -0.136. The molecule has 0 amide bonds. The molecule has 1 aromatic carbocycles. The maximum atomic E-state index is 13.6. The molecule has 1 N–H and O–H groups in total. The minimum Gasteiger partial charge on any atom is -0.435 e. The quantitative estimate of drug-likeness (QED) is 0.404. The molecule has 12 heteroatoms. The lowest BCUT2D eigenvalue weighted by Crippen LogP contribution is -2.05. The number of rotatable bonds is 5. The van der Waals surface area contributed by atoms with E-state index in [9.17, 15) is 13.2 Å². The van der Waals surface area contributed by atoms with Crippen molar-refractivity contribution in [3.63, 3.8) is 0 Å². The molecule has 0 fully saturated rings. The Kier molecular flexibility index (Phi) is 5.07. The van der Waals surface area contributed by atoms with E-state index in [2.05, 4.69) is 30.6 Å². The highest BCUT2D eigenvalue weighted by Gasteiger charge is 2.35. The highest BCUT2D eigenvalue weighted by molar-refractivity contribution is 5.93. The van der Waals surface area contributed by atoms with Crippen LogP contribution in [0.3, 0.4) is 0 Å². The van der Waals surface area contributed by atoms with Gasteiger partial charge in [-0.3, -0.25) is 4.68 Å². The summed E-state index contributed by atoms with van der Waals surface area (Å²) in [7, 11) is 3.57. The van der Waals surface area contributed by atoms with E-state index in [1.165, 1.54) is 12.1 Å². The Morgan fingerprint density at radius 3 is 2.65 bits per heavy atom. The molecule has 0 aliphatic carbocycles. The van der Waals surface area contributed by atoms with E-state index in [-0.39, 0.29) is 17.0 Å². The summed E-state index contributed by atoms with van der Waals surface area (Å²) in [5.74, 6) is 1.01. The predicted octanol–water partition coefficient (Wildman–Crippen LogP) is 4.54. The smallest absolute Gasteiger partial charge is 0.420 e. The van der Waals surface area contributed by atoms with E-state index in [1.54, 1.807) is 41.1 Å². The molecule has 0 saturated heterocycles. The second kappa shape index (κ2) is 7.97. The number of hydrogen-bond acceptors (Lipinski definition) is 7. The Bertz CT molecular complexity index is 1500. The number of hydrogen-bond donors (Lipinski definition) is 1. The summed E-state index contributed by atoms with van der Waals surface area (Å²) >= 11 is 0. The highest BCUT2D eigenvalue weighted by Crippen LogP contribution is 2.42. The van der Waals surface area contributed by atoms with Crippen molar-refractivity contribution in [3.05, 3.63) is 48.5 Å². The minimum atomic E-state index is -4.58. The molecular formula is C22H19F3N8O. The van der Waals surface area contributed by atoms with Crippen LogP contribution in [0.1, 0.15) is 12.5 Å². The van der Waals surface area contributed by atoms with Crippen LogP contribution in [-0.2, 0) is 20.3 Å². The van der Waals surface area contributed by atoms with Gasteiger partial charge in [-0.15, -0.1) is 10.2 Å². The Hall–Kier alpha value is -4.22. The number of nitrogens with zero attached hydrogens (tertiary/aromatic N) is 7. The van der Waals surface area contributed by atoms with Gasteiger partial charge >= 0.3 is 6.18 Å². The molecule has 0 bridgehead atoms. The number of nitrogens with one attached hydrogen (secondary N) is 1. The Balaban J connectivity index is 1.80. The largest absolute Gasteiger partial charge is 0.435 e. The van der Waals surface area contributed by atoms with Gasteiger partial charge in [-0.1, -0.05) is 6.07 Å². The fraction of sp³-hybridized carbons (Fsp3) is 0.227. The minimum absolute atomic E-state index is 0.0101. The number of benzene rings is 1. The molecule has 0 saturated carbocycles. The normalized spacial score (nSPS) is 11.9. The third-order valence-electron chi connectivity index (χ3n) is 5.38. The van der Waals surface area contributed by atoms with E-state index in [0.717, 1.165) is 6.07 Å². The Labute approximate surface area is 191 Å². The maximum absolute atomic E-state index is 13.6. The van der Waals surface area contributed by atoms with E-state index < -0.39 is 11.7 Å².